The smallest absolute Gasteiger partial charge is 0.0447 e. The van der Waals surface area contributed by atoms with Gasteiger partial charge in [-0.25, -0.2) is 0 Å². The molecule has 20 heavy (non-hydrogen) atoms. The summed E-state index contributed by atoms with van der Waals surface area (Å²) in [6.45, 7) is 11.3. The number of piperazine rings is 1. The maximum Gasteiger partial charge on any atom is 0.0447 e. The number of rotatable bonds is 4. The lowest BCUT2D eigenvalue weighted by atomic mass is 10.00. The summed E-state index contributed by atoms with van der Waals surface area (Å²) in [6, 6.07) is 7.92. The third-order valence-corrected chi connectivity index (χ3v) is 4.38. The van der Waals surface area contributed by atoms with E-state index in [0.29, 0.717) is 12.1 Å². The second-order valence-electron chi connectivity index (χ2n) is 6.37. The van der Waals surface area contributed by atoms with Gasteiger partial charge in [0.1, 0.15) is 0 Å². The first-order chi connectivity index (χ1) is 9.49. The van der Waals surface area contributed by atoms with Gasteiger partial charge in [-0.1, -0.05) is 29.3 Å². The third kappa shape index (κ3) is 3.81. The molecule has 1 saturated heterocycles. The fourth-order valence-corrected chi connectivity index (χ4v) is 3.26. The maximum atomic E-state index is 3.50. The minimum atomic E-state index is 0.416. The van der Waals surface area contributed by atoms with Crippen LogP contribution in [0.1, 0.15) is 29.7 Å². The Hall–Kier alpha value is -0.900. The van der Waals surface area contributed by atoms with E-state index in [2.05, 4.69) is 68.2 Å². The van der Waals surface area contributed by atoms with Gasteiger partial charge in [0, 0.05) is 38.3 Å². The van der Waals surface area contributed by atoms with Gasteiger partial charge in [0.05, 0.1) is 0 Å². The van der Waals surface area contributed by atoms with Gasteiger partial charge in [-0.3, -0.25) is 4.90 Å². The monoisotopic (exact) mass is 275 g/mol. The lowest BCUT2D eigenvalue weighted by molar-refractivity contribution is 0.0913. The van der Waals surface area contributed by atoms with Crippen LogP contribution in [0.15, 0.2) is 18.2 Å². The molecular weight excluding hydrogens is 246 g/mol. The quantitative estimate of drug-likeness (QED) is 0.909. The van der Waals surface area contributed by atoms with Gasteiger partial charge in [-0.05, 0) is 40.4 Å². The number of hydrogen-bond donors (Lipinski definition) is 1. The van der Waals surface area contributed by atoms with Crippen molar-refractivity contribution in [1.82, 2.24) is 15.1 Å². The Bertz CT molecular complexity index is 424. The highest BCUT2D eigenvalue weighted by molar-refractivity contribution is 5.30. The van der Waals surface area contributed by atoms with E-state index in [-0.39, 0.29) is 0 Å². The Morgan fingerprint density at radius 1 is 1.20 bits per heavy atom. The standard InChI is InChI=1S/C17H29N3/c1-13-8-14(2)10-16(9-13)17(18-4)12-20-7-6-19(5)11-15(20)3/h8-10,15,17-18H,6-7,11-12H2,1-5H3. The predicted molar refractivity (Wildman–Crippen MR) is 86.2 cm³/mol. The third-order valence-electron chi connectivity index (χ3n) is 4.38. The van der Waals surface area contributed by atoms with E-state index < -0.39 is 0 Å². The topological polar surface area (TPSA) is 18.5 Å². The van der Waals surface area contributed by atoms with E-state index in [9.17, 15) is 0 Å². The van der Waals surface area contributed by atoms with Crippen LogP contribution >= 0.6 is 0 Å². The second kappa shape index (κ2) is 6.70. The van der Waals surface area contributed by atoms with E-state index >= 15 is 0 Å². The molecule has 112 valence electrons. The summed E-state index contributed by atoms with van der Waals surface area (Å²) >= 11 is 0. The zero-order valence-electron chi connectivity index (χ0n) is 13.6. The molecule has 0 amide bonds. The molecule has 1 aromatic rings. The summed E-state index contributed by atoms with van der Waals surface area (Å²) in [5.74, 6) is 0. The normalized spacial score (nSPS) is 22.9. The molecule has 0 aliphatic carbocycles. The van der Waals surface area contributed by atoms with E-state index in [0.717, 1.165) is 6.54 Å². The fourth-order valence-electron chi connectivity index (χ4n) is 3.26. The molecule has 1 N–H and O–H groups in total. The average Bonchev–Trinajstić information content (AvgIpc) is 2.36. The molecule has 1 aromatic carbocycles. The van der Waals surface area contributed by atoms with E-state index in [4.69, 9.17) is 0 Å². The maximum absolute atomic E-state index is 3.50. The number of likely N-dealkylation sites (N-methyl/N-ethyl adjacent to an activating group) is 2. The summed E-state index contributed by atoms with van der Waals surface area (Å²) in [5.41, 5.74) is 4.12. The van der Waals surface area contributed by atoms with Gasteiger partial charge >= 0.3 is 0 Å². The molecule has 2 unspecified atom stereocenters. The van der Waals surface area contributed by atoms with Crippen molar-refractivity contribution in [2.45, 2.75) is 32.9 Å². The molecule has 2 rings (SSSR count). The highest BCUT2D eigenvalue weighted by atomic mass is 15.3. The molecule has 1 aliphatic heterocycles. The molecule has 3 nitrogen and oxygen atoms in total. The van der Waals surface area contributed by atoms with Crippen LogP contribution in [0.25, 0.3) is 0 Å². The van der Waals surface area contributed by atoms with Crippen LogP contribution in [-0.2, 0) is 0 Å². The molecular formula is C17H29N3. The minimum Gasteiger partial charge on any atom is -0.312 e. The van der Waals surface area contributed by atoms with Gasteiger partial charge < -0.3 is 10.2 Å². The Morgan fingerprint density at radius 2 is 1.85 bits per heavy atom. The summed E-state index contributed by atoms with van der Waals surface area (Å²) in [6.07, 6.45) is 0. The van der Waals surface area contributed by atoms with Crippen LogP contribution < -0.4 is 5.32 Å². The summed E-state index contributed by atoms with van der Waals surface area (Å²) in [5, 5.41) is 3.50. The van der Waals surface area contributed by atoms with Crippen LogP contribution in [0.3, 0.4) is 0 Å². The summed E-state index contributed by atoms with van der Waals surface area (Å²) in [4.78, 5) is 5.03. The van der Waals surface area contributed by atoms with Crippen LogP contribution in [0.4, 0.5) is 0 Å². The van der Waals surface area contributed by atoms with Crippen molar-refractivity contribution in [3.63, 3.8) is 0 Å². The van der Waals surface area contributed by atoms with Crippen LogP contribution in [0.5, 0.6) is 0 Å². The highest BCUT2D eigenvalue weighted by Crippen LogP contribution is 2.20. The fraction of sp³-hybridized carbons (Fsp3) is 0.647. The molecule has 0 bridgehead atoms. The molecule has 1 heterocycles. The number of hydrogen-bond acceptors (Lipinski definition) is 3. The predicted octanol–water partition coefficient (Wildman–Crippen LogP) is 2.20. The Labute approximate surface area is 124 Å². The first-order valence-corrected chi connectivity index (χ1v) is 7.67. The van der Waals surface area contributed by atoms with Crippen molar-refractivity contribution >= 4 is 0 Å². The van der Waals surface area contributed by atoms with Crippen molar-refractivity contribution in [2.75, 3.05) is 40.3 Å². The van der Waals surface area contributed by atoms with Gasteiger partial charge in [-0.15, -0.1) is 0 Å². The molecule has 0 saturated carbocycles. The van der Waals surface area contributed by atoms with Crippen LogP contribution in [0.2, 0.25) is 0 Å². The van der Waals surface area contributed by atoms with Crippen molar-refractivity contribution in [2.24, 2.45) is 0 Å². The molecule has 1 fully saturated rings. The molecule has 3 heteroatoms. The van der Waals surface area contributed by atoms with Crippen LogP contribution in [0, 0.1) is 13.8 Å². The largest absolute Gasteiger partial charge is 0.312 e. The Kier molecular flexibility index (Phi) is 5.19. The Balaban J connectivity index is 2.08. The lowest BCUT2D eigenvalue weighted by Gasteiger charge is -2.40. The average molecular weight is 275 g/mol. The first-order valence-electron chi connectivity index (χ1n) is 7.67. The summed E-state index contributed by atoms with van der Waals surface area (Å²) in [7, 11) is 4.29. The van der Waals surface area contributed by atoms with Crippen molar-refractivity contribution in [3.05, 3.63) is 34.9 Å². The zero-order valence-corrected chi connectivity index (χ0v) is 13.6. The molecule has 1 aliphatic rings. The summed E-state index contributed by atoms with van der Waals surface area (Å²) < 4.78 is 0. The lowest BCUT2D eigenvalue weighted by Crippen LogP contribution is -2.52. The molecule has 2 atom stereocenters. The van der Waals surface area contributed by atoms with E-state index in [1.165, 1.54) is 36.3 Å². The molecule has 0 spiro atoms. The zero-order chi connectivity index (χ0) is 14.7. The van der Waals surface area contributed by atoms with Gasteiger partial charge in [-0.2, -0.15) is 0 Å². The van der Waals surface area contributed by atoms with E-state index in [1.807, 2.05) is 0 Å². The van der Waals surface area contributed by atoms with Crippen LogP contribution in [-0.4, -0.2) is 56.1 Å². The SMILES string of the molecule is CNC(CN1CCN(C)CC1C)c1cc(C)cc(C)c1. The van der Waals surface area contributed by atoms with Gasteiger partial charge in [0.15, 0.2) is 0 Å². The molecule has 0 aromatic heterocycles. The van der Waals surface area contributed by atoms with Gasteiger partial charge in [0.25, 0.3) is 0 Å². The number of nitrogens with zero attached hydrogens (tertiary/aromatic N) is 2. The minimum absolute atomic E-state index is 0.416. The Morgan fingerprint density at radius 3 is 2.40 bits per heavy atom. The van der Waals surface area contributed by atoms with Gasteiger partial charge in [0.2, 0.25) is 0 Å². The van der Waals surface area contributed by atoms with Crippen molar-refractivity contribution in [1.29, 1.82) is 0 Å². The highest BCUT2D eigenvalue weighted by Gasteiger charge is 2.24. The number of nitrogens with one attached hydrogen (secondary N) is 1. The number of benzene rings is 1. The van der Waals surface area contributed by atoms with Crippen molar-refractivity contribution in [3.8, 4) is 0 Å². The van der Waals surface area contributed by atoms with E-state index in [1.54, 1.807) is 0 Å². The first kappa shape index (κ1) is 15.5. The number of aryl methyl sites for hydroxylation is 2. The second-order valence-corrected chi connectivity index (χ2v) is 6.37. The van der Waals surface area contributed by atoms with Crippen molar-refractivity contribution < 1.29 is 0 Å². The molecule has 0 radical (unpaired) electrons.